The fraction of sp³-hybridized carbons (Fsp3) is 0.412. The first-order valence-corrected chi connectivity index (χ1v) is 7.86. The summed E-state index contributed by atoms with van der Waals surface area (Å²) < 4.78 is 54.4. The molecule has 3 rings (SSSR count). The summed E-state index contributed by atoms with van der Waals surface area (Å²) in [5, 5.41) is 2.51. The van der Waals surface area contributed by atoms with E-state index in [1.165, 1.54) is 19.9 Å². The number of halogens is 3. The van der Waals surface area contributed by atoms with Gasteiger partial charge in [-0.3, -0.25) is 0 Å². The monoisotopic (exact) mass is 371 g/mol. The number of nitrogens with one attached hydrogen (secondary N) is 1. The molecule has 2 fully saturated rings. The van der Waals surface area contributed by atoms with E-state index in [1.54, 1.807) is 0 Å². The normalized spacial score (nSPS) is 19.5. The summed E-state index contributed by atoms with van der Waals surface area (Å²) in [6, 6.07) is 3.11. The highest BCUT2D eigenvalue weighted by atomic mass is 19.4. The maximum Gasteiger partial charge on any atom is 0.416 e. The minimum absolute atomic E-state index is 0.00779. The Morgan fingerprint density at radius 3 is 2.31 bits per heavy atom. The molecule has 1 aromatic carbocycles. The van der Waals surface area contributed by atoms with Crippen LogP contribution in [-0.2, 0) is 25.2 Å². The first kappa shape index (κ1) is 18.1. The first-order valence-electron chi connectivity index (χ1n) is 7.86. The molecule has 140 valence electrons. The van der Waals surface area contributed by atoms with Crippen LogP contribution in [-0.4, -0.2) is 23.8 Å². The Balaban J connectivity index is 1.84. The largest absolute Gasteiger partial charge is 0.490 e. The molecule has 2 aliphatic rings. The van der Waals surface area contributed by atoms with Crippen molar-refractivity contribution in [3.63, 3.8) is 0 Å². The number of ether oxygens (including phenoxy) is 3. The molecule has 1 saturated carbocycles. The number of hydrogen-bond donors (Lipinski definition) is 1. The number of cyclic esters (lactones) is 2. The zero-order valence-corrected chi connectivity index (χ0v) is 14.0. The van der Waals surface area contributed by atoms with E-state index < -0.39 is 35.0 Å². The summed E-state index contributed by atoms with van der Waals surface area (Å²) >= 11 is 0. The lowest BCUT2D eigenvalue weighted by Gasteiger charge is -2.29. The summed E-state index contributed by atoms with van der Waals surface area (Å²) in [5.41, 5.74) is -1.36. The predicted octanol–water partition coefficient (Wildman–Crippen LogP) is 3.38. The smallest absolute Gasteiger partial charge is 0.416 e. The Morgan fingerprint density at radius 1 is 1.15 bits per heavy atom. The molecular formula is C17H16F3NO5. The second-order valence-corrected chi connectivity index (χ2v) is 6.44. The number of anilines is 1. The Morgan fingerprint density at radius 2 is 1.77 bits per heavy atom. The molecule has 26 heavy (non-hydrogen) atoms. The van der Waals surface area contributed by atoms with Crippen molar-refractivity contribution < 1.29 is 37.0 Å². The molecule has 9 heteroatoms. The minimum Gasteiger partial charge on any atom is -0.490 e. The van der Waals surface area contributed by atoms with Crippen molar-refractivity contribution >= 4 is 17.6 Å². The predicted molar refractivity (Wildman–Crippen MR) is 83.1 cm³/mol. The van der Waals surface area contributed by atoms with Gasteiger partial charge in [-0.25, -0.2) is 9.59 Å². The summed E-state index contributed by atoms with van der Waals surface area (Å²) in [4.78, 5) is 23.7. The molecule has 0 unspecified atom stereocenters. The molecule has 0 spiro atoms. The van der Waals surface area contributed by atoms with E-state index in [0.717, 1.165) is 31.2 Å². The molecule has 1 heterocycles. The van der Waals surface area contributed by atoms with Gasteiger partial charge in [-0.2, -0.15) is 13.2 Å². The van der Waals surface area contributed by atoms with Gasteiger partial charge in [-0.1, -0.05) is 0 Å². The molecule has 1 N–H and O–H groups in total. The van der Waals surface area contributed by atoms with Gasteiger partial charge in [0.15, 0.2) is 5.57 Å². The van der Waals surface area contributed by atoms with Crippen LogP contribution in [0, 0.1) is 0 Å². The molecule has 0 bridgehead atoms. The maximum atomic E-state index is 13.1. The average molecular weight is 371 g/mol. The van der Waals surface area contributed by atoms with Gasteiger partial charge in [0.05, 0.1) is 11.7 Å². The van der Waals surface area contributed by atoms with Crippen LogP contribution < -0.4 is 10.1 Å². The van der Waals surface area contributed by atoms with E-state index in [0.29, 0.717) is 0 Å². The molecular weight excluding hydrogens is 355 g/mol. The van der Waals surface area contributed by atoms with E-state index in [1.807, 2.05) is 0 Å². The molecule has 1 aromatic rings. The molecule has 0 atom stereocenters. The number of hydrogen-bond acceptors (Lipinski definition) is 6. The van der Waals surface area contributed by atoms with Crippen molar-refractivity contribution in [1.29, 1.82) is 0 Å². The summed E-state index contributed by atoms with van der Waals surface area (Å²) in [6.07, 6.45) is -2.13. The lowest BCUT2D eigenvalue weighted by molar-refractivity contribution is -0.222. The van der Waals surface area contributed by atoms with Gasteiger partial charge in [0, 0.05) is 31.8 Å². The Labute approximate surface area is 146 Å². The number of alkyl halides is 3. The highest BCUT2D eigenvalue weighted by Gasteiger charge is 2.39. The van der Waals surface area contributed by atoms with E-state index in [4.69, 9.17) is 14.2 Å². The van der Waals surface area contributed by atoms with Crippen LogP contribution in [0.15, 0.2) is 30.0 Å². The van der Waals surface area contributed by atoms with E-state index in [2.05, 4.69) is 5.32 Å². The third-order valence-corrected chi connectivity index (χ3v) is 3.56. The summed E-state index contributed by atoms with van der Waals surface area (Å²) in [5.74, 6) is -3.20. The van der Waals surface area contributed by atoms with Crippen LogP contribution in [0.2, 0.25) is 0 Å². The van der Waals surface area contributed by atoms with Crippen molar-refractivity contribution in [1.82, 2.24) is 0 Å². The van der Waals surface area contributed by atoms with Gasteiger partial charge in [0.2, 0.25) is 0 Å². The van der Waals surface area contributed by atoms with Crippen LogP contribution in [0.4, 0.5) is 18.9 Å². The second-order valence-electron chi connectivity index (χ2n) is 6.44. The van der Waals surface area contributed by atoms with Crippen molar-refractivity contribution in [2.45, 2.75) is 44.8 Å². The van der Waals surface area contributed by atoms with Gasteiger partial charge >= 0.3 is 18.1 Å². The number of carbonyl (C=O) groups is 2. The molecule has 1 aliphatic carbocycles. The van der Waals surface area contributed by atoms with Crippen LogP contribution in [0.3, 0.4) is 0 Å². The number of esters is 2. The third kappa shape index (κ3) is 4.27. The highest BCUT2D eigenvalue weighted by molar-refractivity contribution is 6.15. The minimum atomic E-state index is -4.57. The first-order chi connectivity index (χ1) is 12.0. The Bertz CT molecular complexity index is 759. The lowest BCUT2D eigenvalue weighted by atomic mass is 10.1. The van der Waals surface area contributed by atoms with Gasteiger partial charge in [-0.15, -0.1) is 0 Å². The van der Waals surface area contributed by atoms with Crippen molar-refractivity contribution in [3.05, 3.63) is 35.5 Å². The Kier molecular flexibility index (Phi) is 4.33. The molecule has 6 nitrogen and oxygen atoms in total. The van der Waals surface area contributed by atoms with Gasteiger partial charge in [0.1, 0.15) is 5.75 Å². The molecule has 0 radical (unpaired) electrons. The quantitative estimate of drug-likeness (QED) is 0.497. The van der Waals surface area contributed by atoms with E-state index >= 15 is 0 Å². The summed E-state index contributed by atoms with van der Waals surface area (Å²) in [6.45, 7) is 2.78. The van der Waals surface area contributed by atoms with E-state index in [-0.39, 0.29) is 17.5 Å². The zero-order valence-electron chi connectivity index (χ0n) is 14.0. The van der Waals surface area contributed by atoms with E-state index in [9.17, 15) is 22.8 Å². The standard InChI is InChI=1S/C17H16F3NO5/c1-16(2)25-14(22)13(15(23)26-16)8-21-10-5-9(17(18,19)20)6-12(7-10)24-11-3-4-11/h5-8,11,21H,3-4H2,1-2H3. The van der Waals surface area contributed by atoms with Crippen molar-refractivity contribution in [3.8, 4) is 5.75 Å². The third-order valence-electron chi connectivity index (χ3n) is 3.56. The SMILES string of the molecule is CC1(C)OC(=O)C(=CNc2cc(OC3CC3)cc(C(F)(F)F)c2)C(=O)O1. The van der Waals surface area contributed by atoms with Crippen LogP contribution in [0.25, 0.3) is 0 Å². The average Bonchev–Trinajstić information content (AvgIpc) is 3.28. The highest BCUT2D eigenvalue weighted by Crippen LogP contribution is 2.36. The second kappa shape index (κ2) is 6.22. The lowest BCUT2D eigenvalue weighted by Crippen LogP contribution is -2.42. The van der Waals surface area contributed by atoms with Gasteiger partial charge < -0.3 is 19.5 Å². The molecule has 1 saturated heterocycles. The van der Waals surface area contributed by atoms with Crippen LogP contribution >= 0.6 is 0 Å². The fourth-order valence-corrected chi connectivity index (χ4v) is 2.23. The zero-order chi connectivity index (χ0) is 19.1. The summed E-state index contributed by atoms with van der Waals surface area (Å²) in [7, 11) is 0. The molecule has 0 aromatic heterocycles. The number of benzene rings is 1. The number of rotatable bonds is 4. The Hall–Kier alpha value is -2.71. The molecule has 0 amide bonds. The van der Waals surface area contributed by atoms with Crippen LogP contribution in [0.5, 0.6) is 5.75 Å². The van der Waals surface area contributed by atoms with Crippen molar-refractivity contribution in [2.75, 3.05) is 5.32 Å². The van der Waals surface area contributed by atoms with Gasteiger partial charge in [0.25, 0.3) is 5.79 Å². The topological polar surface area (TPSA) is 73.9 Å². The number of carbonyl (C=O) groups excluding carboxylic acids is 2. The van der Waals surface area contributed by atoms with Gasteiger partial charge in [-0.05, 0) is 25.0 Å². The maximum absolute atomic E-state index is 13.1. The molecule has 1 aliphatic heterocycles. The fourth-order valence-electron chi connectivity index (χ4n) is 2.23. The van der Waals surface area contributed by atoms with Crippen LogP contribution in [0.1, 0.15) is 32.3 Å². The van der Waals surface area contributed by atoms with Crippen molar-refractivity contribution in [2.24, 2.45) is 0 Å².